The fourth-order valence-corrected chi connectivity index (χ4v) is 16.6. The van der Waals surface area contributed by atoms with E-state index in [0.29, 0.717) is 0 Å². The Labute approximate surface area is 407 Å². The first-order valence-electron chi connectivity index (χ1n) is 24.2. The summed E-state index contributed by atoms with van der Waals surface area (Å²) in [5.41, 5.74) is 13.0. The van der Waals surface area contributed by atoms with Crippen LogP contribution in [0.25, 0.3) is 93.6 Å². The second-order valence-electron chi connectivity index (χ2n) is 18.4. The Bertz CT molecular complexity index is 4180. The van der Waals surface area contributed by atoms with Gasteiger partial charge in [0.2, 0.25) is 0 Å². The largest absolute Gasteiger partial charge is 0.309 e. The second-order valence-corrected chi connectivity index (χ2v) is 22.2. The average Bonchev–Trinajstić information content (AvgIpc) is 4.08. The third-order valence-corrected chi connectivity index (χ3v) is 19.5. The van der Waals surface area contributed by atoms with Gasteiger partial charge in [0, 0.05) is 43.7 Å². The van der Waals surface area contributed by atoms with Crippen molar-refractivity contribution in [1.29, 1.82) is 0 Å². The molecule has 0 spiro atoms. The highest BCUT2D eigenvalue weighted by Gasteiger charge is 2.41. The molecule has 0 fully saturated rings. The first kappa shape index (κ1) is 40.1. The maximum Gasteiger partial charge on any atom is 0.179 e. The molecule has 0 amide bonds. The van der Waals surface area contributed by atoms with E-state index in [1.807, 2.05) is 0 Å². The minimum absolute atomic E-state index is 1.14. The van der Waals surface area contributed by atoms with E-state index < -0.39 is 8.07 Å². The lowest BCUT2D eigenvalue weighted by Gasteiger charge is -2.34. The molecule has 0 unspecified atom stereocenters. The minimum atomic E-state index is -2.79. The van der Waals surface area contributed by atoms with Gasteiger partial charge < -0.3 is 13.7 Å². The topological polar surface area (TPSA) is 14.8 Å². The molecule has 11 aromatic carbocycles. The summed E-state index contributed by atoms with van der Waals surface area (Å²) in [4.78, 5) is 0. The summed E-state index contributed by atoms with van der Waals surface area (Å²) < 4.78 is 7.45. The van der Waals surface area contributed by atoms with Gasteiger partial charge in [0.1, 0.15) is 0 Å². The van der Waals surface area contributed by atoms with Crippen molar-refractivity contribution < 1.29 is 0 Å². The molecule has 328 valence electrons. The first-order chi connectivity index (χ1) is 34.8. The molecule has 3 aromatic heterocycles. The molecule has 0 saturated carbocycles. The molecule has 70 heavy (non-hydrogen) atoms. The quantitative estimate of drug-likeness (QED) is 0.107. The van der Waals surface area contributed by atoms with Gasteiger partial charge >= 0.3 is 0 Å². The van der Waals surface area contributed by atoms with Gasteiger partial charge in [-0.1, -0.05) is 206 Å². The van der Waals surface area contributed by atoms with Gasteiger partial charge in [-0.05, 0) is 98.6 Å². The van der Waals surface area contributed by atoms with Gasteiger partial charge in [0.15, 0.2) is 8.07 Å². The summed E-state index contributed by atoms with van der Waals surface area (Å²) in [7, 11) is -2.79. The number of para-hydroxylation sites is 3. The molecule has 14 rings (SSSR count). The number of nitrogens with zero attached hydrogens (tertiary/aromatic N) is 3. The molecule has 3 nitrogen and oxygen atoms in total. The van der Waals surface area contributed by atoms with Crippen molar-refractivity contribution in [2.24, 2.45) is 0 Å². The van der Waals surface area contributed by atoms with E-state index >= 15 is 0 Å². The number of rotatable bonds is 8. The van der Waals surface area contributed by atoms with E-state index in [2.05, 4.69) is 287 Å². The van der Waals surface area contributed by atoms with E-state index in [9.17, 15) is 0 Å². The van der Waals surface area contributed by atoms with Crippen LogP contribution in [0.5, 0.6) is 0 Å². The molecule has 0 saturated heterocycles. The van der Waals surface area contributed by atoms with Crippen LogP contribution in [-0.4, -0.2) is 21.8 Å². The van der Waals surface area contributed by atoms with Gasteiger partial charge in [-0.3, -0.25) is 0 Å². The molecule has 0 radical (unpaired) electrons. The summed E-state index contributed by atoms with van der Waals surface area (Å²) in [6, 6.07) is 101. The van der Waals surface area contributed by atoms with E-state index in [-0.39, 0.29) is 0 Å². The zero-order valence-corrected chi connectivity index (χ0v) is 39.3. The molecule has 4 heteroatoms. The molecule has 0 bridgehead atoms. The van der Waals surface area contributed by atoms with Crippen LogP contribution in [0, 0.1) is 0 Å². The highest BCUT2D eigenvalue weighted by atomic mass is 28.3. The molecule has 3 heterocycles. The van der Waals surface area contributed by atoms with E-state index in [0.717, 1.165) is 17.1 Å². The van der Waals surface area contributed by atoms with E-state index in [1.165, 1.54) is 97.3 Å². The summed E-state index contributed by atoms with van der Waals surface area (Å²) >= 11 is 0. The van der Waals surface area contributed by atoms with Crippen molar-refractivity contribution in [3.63, 3.8) is 0 Å². The average molecular weight is 908 g/mol. The lowest BCUT2D eigenvalue weighted by atomic mass is 10.0. The van der Waals surface area contributed by atoms with Crippen molar-refractivity contribution in [1.82, 2.24) is 13.7 Å². The molecule has 0 aliphatic heterocycles. The van der Waals surface area contributed by atoms with Gasteiger partial charge in [-0.2, -0.15) is 0 Å². The lowest BCUT2D eigenvalue weighted by Crippen LogP contribution is -2.74. The summed E-state index contributed by atoms with van der Waals surface area (Å²) in [5.74, 6) is 0. The van der Waals surface area contributed by atoms with Crippen molar-refractivity contribution >= 4 is 94.2 Å². The summed E-state index contributed by atoms with van der Waals surface area (Å²) in [6.07, 6.45) is 0. The second kappa shape index (κ2) is 16.1. The van der Waals surface area contributed by atoms with Gasteiger partial charge in [0.25, 0.3) is 0 Å². The van der Waals surface area contributed by atoms with Crippen molar-refractivity contribution in [2.45, 2.75) is 0 Å². The standard InChI is InChI=1S/C66H45N3Si/c1-5-21-46(22-6-1)47-39-41-56-54-31-13-16-34-59(54)68(65(56)43-47)49-40-42-62-58(45-49)55-32-14-17-35-60(55)69(62)64-38-20-37-63-66(64)57-33-15-18-36-61(57)67(63)48-23-19-30-53(44-48)70(50-24-7-2-8-25-50,51-26-9-3-10-27-51)52-28-11-4-12-29-52/h1-45H. The zero-order chi connectivity index (χ0) is 46.2. The molecule has 14 aromatic rings. The molecular weight excluding hydrogens is 863 g/mol. The van der Waals surface area contributed by atoms with Crippen LogP contribution in [0.2, 0.25) is 0 Å². The number of aromatic nitrogens is 3. The molecule has 0 N–H and O–H groups in total. The SMILES string of the molecule is c1ccc(-c2ccc3c4ccccc4n(-c4ccc5c(c4)c4ccccc4n5-c4cccc5c4c4ccccc4n5-c4cccc([Si](c5ccccc5)(c5ccccc5)c5ccccc5)c4)c3c2)cc1. The van der Waals surface area contributed by atoms with E-state index in [4.69, 9.17) is 0 Å². The minimum Gasteiger partial charge on any atom is -0.309 e. The van der Waals surface area contributed by atoms with Crippen molar-refractivity contribution in [3.05, 3.63) is 273 Å². The third-order valence-electron chi connectivity index (χ3n) is 14.8. The van der Waals surface area contributed by atoms with Crippen molar-refractivity contribution in [2.75, 3.05) is 0 Å². The predicted molar refractivity (Wildman–Crippen MR) is 299 cm³/mol. The molecular formula is C66H45N3Si. The van der Waals surface area contributed by atoms with Gasteiger partial charge in [0.05, 0.1) is 38.8 Å². The Kier molecular flexibility index (Phi) is 9.23. The highest BCUT2D eigenvalue weighted by Crippen LogP contribution is 2.42. The van der Waals surface area contributed by atoms with Gasteiger partial charge in [-0.15, -0.1) is 0 Å². The first-order valence-corrected chi connectivity index (χ1v) is 26.2. The van der Waals surface area contributed by atoms with Crippen molar-refractivity contribution in [3.8, 4) is 28.2 Å². The highest BCUT2D eigenvalue weighted by molar-refractivity contribution is 7.19. The zero-order valence-electron chi connectivity index (χ0n) is 38.3. The van der Waals surface area contributed by atoms with E-state index in [1.54, 1.807) is 0 Å². The Hall–Kier alpha value is -8.96. The van der Waals surface area contributed by atoms with Crippen LogP contribution >= 0.6 is 0 Å². The third kappa shape index (κ3) is 6.00. The Balaban J connectivity index is 0.990. The van der Waals surface area contributed by atoms with Crippen LogP contribution in [0.15, 0.2) is 273 Å². The van der Waals surface area contributed by atoms with Gasteiger partial charge in [-0.25, -0.2) is 0 Å². The molecule has 0 aliphatic rings. The fraction of sp³-hybridized carbons (Fsp3) is 0. The number of benzene rings is 11. The molecule has 0 aliphatic carbocycles. The fourth-order valence-electron chi connectivity index (χ4n) is 11.8. The maximum atomic E-state index is 2.50. The number of fused-ring (bicyclic) bond motifs is 9. The Morgan fingerprint density at radius 2 is 0.686 bits per heavy atom. The Morgan fingerprint density at radius 3 is 1.34 bits per heavy atom. The smallest absolute Gasteiger partial charge is 0.179 e. The lowest BCUT2D eigenvalue weighted by molar-refractivity contribution is 1.16. The summed E-state index contributed by atoms with van der Waals surface area (Å²) in [6.45, 7) is 0. The predicted octanol–water partition coefficient (Wildman–Crippen LogP) is 14.0. The van der Waals surface area contributed by atoms with Crippen LogP contribution in [0.1, 0.15) is 0 Å². The number of hydrogen-bond donors (Lipinski definition) is 0. The Morgan fingerprint density at radius 1 is 0.229 bits per heavy atom. The van der Waals surface area contributed by atoms with Crippen LogP contribution in [0.4, 0.5) is 0 Å². The molecule has 0 atom stereocenters. The normalized spacial score (nSPS) is 12.0. The van der Waals surface area contributed by atoms with Crippen LogP contribution in [0.3, 0.4) is 0 Å². The number of hydrogen-bond acceptors (Lipinski definition) is 0. The van der Waals surface area contributed by atoms with Crippen LogP contribution in [-0.2, 0) is 0 Å². The maximum absolute atomic E-state index is 2.79. The van der Waals surface area contributed by atoms with Crippen LogP contribution < -0.4 is 20.7 Å². The summed E-state index contributed by atoms with van der Waals surface area (Å²) in [5, 5.41) is 12.8. The monoisotopic (exact) mass is 907 g/mol.